The predicted octanol–water partition coefficient (Wildman–Crippen LogP) is 1.85. The zero-order valence-corrected chi connectivity index (χ0v) is 33.9. The molecule has 16 nitrogen and oxygen atoms in total. The van der Waals surface area contributed by atoms with E-state index in [1.165, 1.54) is 23.6 Å². The number of benzene rings is 2. The predicted molar refractivity (Wildman–Crippen MR) is 213 cm³/mol. The number of ketones is 2. The van der Waals surface area contributed by atoms with E-state index in [1.807, 2.05) is 13.8 Å². The number of thioether (sulfide) groups is 1. The number of alkyl halides is 3. The highest BCUT2D eigenvalue weighted by Gasteiger charge is 2.39. The molecule has 5 amide bonds. The molecule has 1 heterocycles. The summed E-state index contributed by atoms with van der Waals surface area (Å²) in [6, 6.07) is 8.62. The van der Waals surface area contributed by atoms with Crippen molar-refractivity contribution < 1.29 is 56.6 Å². The summed E-state index contributed by atoms with van der Waals surface area (Å²) in [5.41, 5.74) is 7.61. The lowest BCUT2D eigenvalue weighted by Gasteiger charge is -2.29. The number of nitrogens with one attached hydrogen (secondary N) is 5. The second-order valence-corrected chi connectivity index (χ2v) is 15.2. The van der Waals surface area contributed by atoms with Gasteiger partial charge in [0.15, 0.2) is 11.6 Å². The van der Waals surface area contributed by atoms with E-state index < -0.39 is 60.6 Å². The van der Waals surface area contributed by atoms with Crippen molar-refractivity contribution in [1.82, 2.24) is 26.2 Å². The molecule has 4 rings (SSSR count). The van der Waals surface area contributed by atoms with Crippen molar-refractivity contribution in [3.63, 3.8) is 0 Å². The number of aliphatic carboxylic acids is 1. The fourth-order valence-electron chi connectivity index (χ4n) is 6.32. The van der Waals surface area contributed by atoms with Crippen LogP contribution < -0.4 is 32.3 Å². The number of carboxylic acids is 1. The molecule has 1 saturated heterocycles. The minimum Gasteiger partial charge on any atom is -0.475 e. The van der Waals surface area contributed by atoms with E-state index in [0.29, 0.717) is 73.3 Å². The van der Waals surface area contributed by atoms with Gasteiger partial charge >= 0.3 is 12.1 Å². The fraction of sp³-hybridized carbons (Fsp3) is 0.487. The molecular formula is C39H50F3N7O9S. The van der Waals surface area contributed by atoms with E-state index >= 15 is 0 Å². The quantitative estimate of drug-likeness (QED) is 0.0963. The van der Waals surface area contributed by atoms with E-state index in [1.54, 1.807) is 48.7 Å². The number of carboxylic acid groups (broad SMARTS) is 1. The molecule has 0 spiro atoms. The molecule has 0 saturated carbocycles. The fourth-order valence-corrected chi connectivity index (χ4v) is 6.89. The Balaban J connectivity index is 0.00000122. The highest BCUT2D eigenvalue weighted by atomic mass is 32.2. The number of carbonyl (C=O) groups is 8. The van der Waals surface area contributed by atoms with Crippen LogP contribution >= 0.6 is 11.8 Å². The molecule has 59 heavy (non-hydrogen) atoms. The molecule has 0 radical (unpaired) electrons. The summed E-state index contributed by atoms with van der Waals surface area (Å²) in [4.78, 5) is 101. The molecule has 0 aromatic heterocycles. The van der Waals surface area contributed by atoms with Gasteiger partial charge in [-0.05, 0) is 50.8 Å². The Morgan fingerprint density at radius 2 is 1.51 bits per heavy atom. The van der Waals surface area contributed by atoms with Crippen LogP contribution in [0.5, 0.6) is 0 Å². The van der Waals surface area contributed by atoms with Crippen molar-refractivity contribution in [2.45, 2.75) is 76.8 Å². The summed E-state index contributed by atoms with van der Waals surface area (Å²) in [5, 5.41) is 21.1. The van der Waals surface area contributed by atoms with Gasteiger partial charge in [-0.1, -0.05) is 50.2 Å². The number of amides is 5. The number of likely N-dealkylation sites (tertiary alicyclic amines) is 1. The standard InChI is InChI=1S/C37H49N7O7S.C2HF3O2/c1-21(2)18-27(42-30(45)19-41-35(49)28(20-52-4)43-34(48)22(3)38)37(51)44-17-8-14-29(44)36(50)40-16-9-15-39-26-13-7-12-25-31(26)33(47)24-11-6-5-10-23(24)32(25)46;3-2(4,5)1(6)7/h5-7,10-13,21-22,27-29,39H,8-9,14-20,38H2,1-4H3,(H,40,50)(H,41,49)(H,42,45)(H,43,48);(H,6,7)/t22-,27-,28-,29-;/m0./s1. The van der Waals surface area contributed by atoms with E-state index in [2.05, 4.69) is 26.6 Å². The van der Waals surface area contributed by atoms with Crippen LogP contribution in [0.3, 0.4) is 0 Å². The molecule has 2 aliphatic rings. The van der Waals surface area contributed by atoms with Crippen molar-refractivity contribution in [3.8, 4) is 0 Å². The van der Waals surface area contributed by atoms with Gasteiger partial charge in [0.05, 0.1) is 18.2 Å². The third kappa shape index (κ3) is 13.5. The number of hydrogen-bond donors (Lipinski definition) is 7. The van der Waals surface area contributed by atoms with Crippen molar-refractivity contribution in [1.29, 1.82) is 0 Å². The van der Waals surface area contributed by atoms with E-state index in [9.17, 15) is 46.7 Å². The van der Waals surface area contributed by atoms with Crippen LogP contribution in [0, 0.1) is 5.92 Å². The topological polar surface area (TPSA) is 246 Å². The van der Waals surface area contributed by atoms with Gasteiger partial charge in [-0.2, -0.15) is 24.9 Å². The Morgan fingerprint density at radius 3 is 2.10 bits per heavy atom. The van der Waals surface area contributed by atoms with E-state index in [0.717, 1.165) is 0 Å². The highest BCUT2D eigenvalue weighted by Crippen LogP contribution is 2.32. The molecule has 20 heteroatoms. The number of halogens is 3. The first-order valence-electron chi connectivity index (χ1n) is 18.8. The van der Waals surface area contributed by atoms with Crippen LogP contribution in [-0.2, 0) is 28.8 Å². The van der Waals surface area contributed by atoms with Crippen LogP contribution in [0.25, 0.3) is 0 Å². The molecule has 0 bridgehead atoms. The number of nitrogens with two attached hydrogens (primary N) is 1. The molecule has 4 atom stereocenters. The summed E-state index contributed by atoms with van der Waals surface area (Å²) in [7, 11) is 0. The normalized spacial score (nSPS) is 16.0. The van der Waals surface area contributed by atoms with Gasteiger partial charge in [0.1, 0.15) is 18.1 Å². The first kappa shape index (κ1) is 47.9. The van der Waals surface area contributed by atoms with Gasteiger partial charge < -0.3 is 42.3 Å². The van der Waals surface area contributed by atoms with Crippen LogP contribution in [0.15, 0.2) is 42.5 Å². The zero-order valence-electron chi connectivity index (χ0n) is 33.1. The Bertz CT molecular complexity index is 1890. The number of fused-ring (bicyclic) bond motifs is 2. The Morgan fingerprint density at radius 1 is 0.881 bits per heavy atom. The van der Waals surface area contributed by atoms with Crippen molar-refractivity contribution in [3.05, 3.63) is 64.7 Å². The monoisotopic (exact) mass is 849 g/mol. The molecule has 2 aromatic rings. The van der Waals surface area contributed by atoms with E-state index in [-0.39, 0.29) is 35.1 Å². The minimum absolute atomic E-state index is 0.0454. The number of anilines is 1. The van der Waals surface area contributed by atoms with Crippen molar-refractivity contribution in [2.24, 2.45) is 11.7 Å². The van der Waals surface area contributed by atoms with Crippen LogP contribution in [0.1, 0.15) is 78.3 Å². The molecule has 1 aliphatic carbocycles. The lowest BCUT2D eigenvalue weighted by Crippen LogP contribution is -2.56. The summed E-state index contributed by atoms with van der Waals surface area (Å²) >= 11 is 1.35. The smallest absolute Gasteiger partial charge is 0.475 e. The second kappa shape index (κ2) is 22.0. The number of nitrogens with zero attached hydrogens (tertiary/aromatic N) is 1. The highest BCUT2D eigenvalue weighted by molar-refractivity contribution is 7.98. The number of hydrogen-bond acceptors (Lipinski definition) is 11. The lowest BCUT2D eigenvalue weighted by atomic mass is 9.83. The third-order valence-corrected chi connectivity index (χ3v) is 9.81. The summed E-state index contributed by atoms with van der Waals surface area (Å²) in [5.74, 6) is -5.12. The molecule has 1 aliphatic heterocycles. The lowest BCUT2D eigenvalue weighted by molar-refractivity contribution is -0.192. The van der Waals surface area contributed by atoms with Gasteiger partial charge in [-0.15, -0.1) is 0 Å². The summed E-state index contributed by atoms with van der Waals surface area (Å²) in [6.07, 6.45) is -1.35. The van der Waals surface area contributed by atoms with Gasteiger partial charge in [0.25, 0.3) is 0 Å². The van der Waals surface area contributed by atoms with Crippen LogP contribution in [0.2, 0.25) is 0 Å². The maximum atomic E-state index is 13.7. The molecule has 2 aromatic carbocycles. The SMILES string of the molecule is CSC[C@H](NC(=O)[C@H](C)N)C(=O)NCC(=O)N[C@@H](CC(C)C)C(=O)N1CCC[C@H]1C(=O)NCCCNc1cccc2c1C(=O)c1ccccc1C2=O.O=C(O)C(F)(F)F. The van der Waals surface area contributed by atoms with E-state index in [4.69, 9.17) is 15.6 Å². The first-order chi connectivity index (χ1) is 27.8. The number of rotatable bonds is 17. The maximum absolute atomic E-state index is 13.7. The van der Waals surface area contributed by atoms with Crippen molar-refractivity contribution in [2.75, 3.05) is 43.5 Å². The number of carbonyl (C=O) groups excluding carboxylic acids is 7. The molecular weight excluding hydrogens is 800 g/mol. The summed E-state index contributed by atoms with van der Waals surface area (Å²) < 4.78 is 31.7. The Kier molecular flexibility index (Phi) is 17.9. The summed E-state index contributed by atoms with van der Waals surface area (Å²) in [6.45, 7) is 6.03. The average molecular weight is 850 g/mol. The largest absolute Gasteiger partial charge is 0.490 e. The molecule has 1 fully saturated rings. The van der Waals surface area contributed by atoms with Crippen molar-refractivity contribution >= 4 is 64.5 Å². The third-order valence-electron chi connectivity index (χ3n) is 9.15. The molecule has 8 N–H and O–H groups in total. The molecule has 0 unspecified atom stereocenters. The zero-order chi connectivity index (χ0) is 44.0. The van der Waals surface area contributed by atoms with Crippen LogP contribution in [-0.4, -0.2) is 126 Å². The second-order valence-electron chi connectivity index (χ2n) is 14.3. The van der Waals surface area contributed by atoms with Gasteiger partial charge in [-0.25, -0.2) is 4.79 Å². The Hall–Kier alpha value is -5.50. The maximum Gasteiger partial charge on any atom is 0.490 e. The van der Waals surface area contributed by atoms with Crippen LogP contribution in [0.4, 0.5) is 18.9 Å². The first-order valence-corrected chi connectivity index (χ1v) is 20.2. The minimum atomic E-state index is -5.08. The Labute approximate surface area is 343 Å². The van der Waals surface area contributed by atoms with Gasteiger partial charge in [-0.3, -0.25) is 33.6 Å². The average Bonchev–Trinajstić information content (AvgIpc) is 3.68. The van der Waals surface area contributed by atoms with Gasteiger partial charge in [0.2, 0.25) is 29.5 Å². The van der Waals surface area contributed by atoms with Gasteiger partial charge in [0, 0.05) is 47.8 Å². The molecule has 322 valence electrons.